The summed E-state index contributed by atoms with van der Waals surface area (Å²) in [5.74, 6) is 0. The lowest BCUT2D eigenvalue weighted by Gasteiger charge is -1.95. The summed E-state index contributed by atoms with van der Waals surface area (Å²) < 4.78 is 5.30. The van der Waals surface area contributed by atoms with E-state index in [0.717, 1.165) is 25.7 Å². The Morgan fingerprint density at radius 2 is 1.20 bits per heavy atom. The van der Waals surface area contributed by atoms with Crippen molar-refractivity contribution in [2.24, 2.45) is 0 Å². The van der Waals surface area contributed by atoms with Gasteiger partial charge in [0.2, 0.25) is 0 Å². The number of aliphatic hydroxyl groups excluding tert-OH is 2. The molecule has 0 aliphatic rings. The molecule has 15 heavy (non-hydrogen) atoms. The molecule has 0 aromatic carbocycles. The predicted molar refractivity (Wildman–Crippen MR) is 61.7 cm³/mol. The van der Waals surface area contributed by atoms with Crippen molar-refractivity contribution in [2.75, 3.05) is 26.4 Å². The molecule has 0 radical (unpaired) electrons. The molecule has 0 aliphatic carbocycles. The van der Waals surface area contributed by atoms with Crippen LogP contribution in [0.25, 0.3) is 0 Å². The molecule has 2 N–H and O–H groups in total. The number of rotatable bonds is 10. The zero-order valence-corrected chi connectivity index (χ0v) is 9.27. The fourth-order valence-corrected chi connectivity index (χ4v) is 0.994. The zero-order chi connectivity index (χ0) is 11.2. The highest BCUT2D eigenvalue weighted by molar-refractivity contribution is 4.84. The van der Waals surface area contributed by atoms with Crippen LogP contribution < -0.4 is 0 Å². The molecule has 0 spiro atoms. The standard InChI is InChI=1S/C12H22O3/c13-9-5-1-3-7-11-15-12-8-4-2-6-10-14/h3-4,7-8,13-14H,1-2,5-6,9-12H2/b7-3+,8-4+. The van der Waals surface area contributed by atoms with E-state index in [9.17, 15) is 0 Å². The highest BCUT2D eigenvalue weighted by Crippen LogP contribution is 1.91. The first kappa shape index (κ1) is 14.4. The summed E-state index contributed by atoms with van der Waals surface area (Å²) in [6.07, 6.45) is 11.4. The van der Waals surface area contributed by atoms with Crippen LogP contribution >= 0.6 is 0 Å². The third kappa shape index (κ3) is 13.4. The van der Waals surface area contributed by atoms with E-state index in [1.807, 2.05) is 24.3 Å². The quantitative estimate of drug-likeness (QED) is 0.429. The Kier molecular flexibility index (Phi) is 12.8. The molecule has 3 heteroatoms. The minimum Gasteiger partial charge on any atom is -0.396 e. The van der Waals surface area contributed by atoms with E-state index in [-0.39, 0.29) is 13.2 Å². The van der Waals surface area contributed by atoms with Crippen LogP contribution in [0.2, 0.25) is 0 Å². The summed E-state index contributed by atoms with van der Waals surface area (Å²) >= 11 is 0. The highest BCUT2D eigenvalue weighted by atomic mass is 16.5. The van der Waals surface area contributed by atoms with Crippen LogP contribution in [0, 0.1) is 0 Å². The number of hydrogen-bond donors (Lipinski definition) is 2. The molecule has 3 nitrogen and oxygen atoms in total. The van der Waals surface area contributed by atoms with Crippen LogP contribution in [-0.4, -0.2) is 36.6 Å². The minimum absolute atomic E-state index is 0.249. The van der Waals surface area contributed by atoms with Gasteiger partial charge in [-0.2, -0.15) is 0 Å². The van der Waals surface area contributed by atoms with E-state index < -0.39 is 0 Å². The van der Waals surface area contributed by atoms with Crippen LogP contribution in [0.4, 0.5) is 0 Å². The van der Waals surface area contributed by atoms with Crippen molar-refractivity contribution in [3.8, 4) is 0 Å². The Labute approximate surface area is 92.1 Å². The fourth-order valence-electron chi connectivity index (χ4n) is 0.994. The number of ether oxygens (including phenoxy) is 1. The van der Waals surface area contributed by atoms with E-state index in [1.165, 1.54) is 0 Å². The summed E-state index contributed by atoms with van der Waals surface area (Å²) in [5, 5.41) is 17.0. The third-order valence-electron chi connectivity index (χ3n) is 1.82. The number of aliphatic hydroxyl groups is 2. The second kappa shape index (κ2) is 13.4. The third-order valence-corrected chi connectivity index (χ3v) is 1.82. The van der Waals surface area contributed by atoms with Gasteiger partial charge in [-0.1, -0.05) is 24.3 Å². The predicted octanol–water partition coefficient (Wildman–Crippen LogP) is 1.66. The summed E-state index contributed by atoms with van der Waals surface area (Å²) in [4.78, 5) is 0. The molecular weight excluding hydrogens is 192 g/mol. The molecule has 0 bridgehead atoms. The molecule has 0 aromatic heterocycles. The SMILES string of the molecule is OCCC/C=C/COC/C=C/CCCO. The number of hydrogen-bond acceptors (Lipinski definition) is 3. The average Bonchev–Trinajstić information content (AvgIpc) is 2.26. The van der Waals surface area contributed by atoms with E-state index in [4.69, 9.17) is 14.9 Å². The molecule has 0 unspecified atom stereocenters. The van der Waals surface area contributed by atoms with E-state index in [1.54, 1.807) is 0 Å². The maximum Gasteiger partial charge on any atom is 0.0651 e. The lowest BCUT2D eigenvalue weighted by Crippen LogP contribution is -1.90. The van der Waals surface area contributed by atoms with Crippen molar-refractivity contribution in [2.45, 2.75) is 25.7 Å². The molecule has 0 fully saturated rings. The molecule has 0 heterocycles. The first-order valence-electron chi connectivity index (χ1n) is 5.51. The Balaban J connectivity index is 3.10. The van der Waals surface area contributed by atoms with Gasteiger partial charge in [-0.15, -0.1) is 0 Å². The smallest absolute Gasteiger partial charge is 0.0651 e. The monoisotopic (exact) mass is 214 g/mol. The Morgan fingerprint density at radius 3 is 1.60 bits per heavy atom. The molecule has 0 saturated carbocycles. The van der Waals surface area contributed by atoms with E-state index in [0.29, 0.717) is 13.2 Å². The maximum atomic E-state index is 8.52. The second-order valence-electron chi connectivity index (χ2n) is 3.21. The Bertz CT molecular complexity index is 146. The van der Waals surface area contributed by atoms with Crippen molar-refractivity contribution in [3.05, 3.63) is 24.3 Å². The summed E-state index contributed by atoms with van der Waals surface area (Å²) in [7, 11) is 0. The van der Waals surface area contributed by atoms with Crippen molar-refractivity contribution in [3.63, 3.8) is 0 Å². The van der Waals surface area contributed by atoms with Crippen LogP contribution in [-0.2, 0) is 4.74 Å². The van der Waals surface area contributed by atoms with Gasteiger partial charge in [0.05, 0.1) is 13.2 Å². The van der Waals surface area contributed by atoms with Crippen LogP contribution in [0.1, 0.15) is 25.7 Å². The molecule has 88 valence electrons. The molecule has 0 saturated heterocycles. The lowest BCUT2D eigenvalue weighted by atomic mass is 10.3. The summed E-state index contributed by atoms with van der Waals surface area (Å²) in [6, 6.07) is 0. The Hall–Kier alpha value is -0.640. The minimum atomic E-state index is 0.249. The van der Waals surface area contributed by atoms with Crippen molar-refractivity contribution in [1.82, 2.24) is 0 Å². The van der Waals surface area contributed by atoms with E-state index >= 15 is 0 Å². The maximum absolute atomic E-state index is 8.52. The topological polar surface area (TPSA) is 49.7 Å². The highest BCUT2D eigenvalue weighted by Gasteiger charge is 1.81. The Morgan fingerprint density at radius 1 is 0.733 bits per heavy atom. The first-order valence-corrected chi connectivity index (χ1v) is 5.51. The van der Waals surface area contributed by atoms with Crippen LogP contribution in [0.15, 0.2) is 24.3 Å². The van der Waals surface area contributed by atoms with Crippen molar-refractivity contribution in [1.29, 1.82) is 0 Å². The van der Waals surface area contributed by atoms with Gasteiger partial charge in [0.15, 0.2) is 0 Å². The first-order chi connectivity index (χ1) is 7.41. The molecule has 0 aromatic rings. The van der Waals surface area contributed by atoms with E-state index in [2.05, 4.69) is 0 Å². The van der Waals surface area contributed by atoms with Gasteiger partial charge < -0.3 is 14.9 Å². The normalized spacial score (nSPS) is 11.9. The summed E-state index contributed by atoms with van der Waals surface area (Å²) in [6.45, 7) is 1.74. The number of allylic oxidation sites excluding steroid dienone is 2. The zero-order valence-electron chi connectivity index (χ0n) is 9.27. The van der Waals surface area contributed by atoms with Gasteiger partial charge in [-0.3, -0.25) is 0 Å². The van der Waals surface area contributed by atoms with Gasteiger partial charge in [-0.25, -0.2) is 0 Å². The lowest BCUT2D eigenvalue weighted by molar-refractivity contribution is 0.193. The molecular formula is C12H22O3. The van der Waals surface area contributed by atoms with Crippen molar-refractivity contribution < 1.29 is 14.9 Å². The second-order valence-corrected chi connectivity index (χ2v) is 3.21. The molecule has 0 rings (SSSR count). The van der Waals surface area contributed by atoms with Gasteiger partial charge in [0.1, 0.15) is 0 Å². The average molecular weight is 214 g/mol. The molecule has 0 atom stereocenters. The van der Waals surface area contributed by atoms with Gasteiger partial charge in [0, 0.05) is 13.2 Å². The van der Waals surface area contributed by atoms with Gasteiger partial charge in [0.25, 0.3) is 0 Å². The van der Waals surface area contributed by atoms with Crippen molar-refractivity contribution >= 4 is 0 Å². The number of unbranched alkanes of at least 4 members (excludes halogenated alkanes) is 2. The molecule has 0 aliphatic heterocycles. The van der Waals surface area contributed by atoms with Gasteiger partial charge in [-0.05, 0) is 25.7 Å². The van der Waals surface area contributed by atoms with Crippen LogP contribution in [0.3, 0.4) is 0 Å². The fraction of sp³-hybridized carbons (Fsp3) is 0.667. The van der Waals surface area contributed by atoms with Crippen LogP contribution in [0.5, 0.6) is 0 Å². The largest absolute Gasteiger partial charge is 0.396 e. The molecule has 0 amide bonds. The van der Waals surface area contributed by atoms with Gasteiger partial charge >= 0.3 is 0 Å². The summed E-state index contributed by atoms with van der Waals surface area (Å²) in [5.41, 5.74) is 0.